The fraction of sp³-hybridized carbons (Fsp3) is 0.600. The molecular formula is C10H17NO3. The summed E-state index contributed by atoms with van der Waals surface area (Å²) in [6, 6.07) is 0. The lowest BCUT2D eigenvalue weighted by Gasteiger charge is -2.17. The molecule has 0 aliphatic rings. The lowest BCUT2D eigenvalue weighted by molar-refractivity contribution is -0.136. The van der Waals surface area contributed by atoms with Gasteiger partial charge in [-0.05, 0) is 0 Å². The average Bonchev–Trinajstić information content (AvgIpc) is 1.96. The van der Waals surface area contributed by atoms with Gasteiger partial charge >= 0.3 is 5.97 Å². The third-order valence-electron chi connectivity index (χ3n) is 1.54. The monoisotopic (exact) mass is 199 g/mol. The summed E-state index contributed by atoms with van der Waals surface area (Å²) in [5, 5.41) is 8.84. The Morgan fingerprint density at radius 3 is 1.86 bits per heavy atom. The highest BCUT2D eigenvalue weighted by molar-refractivity contribution is 6.18. The second-order valence-corrected chi connectivity index (χ2v) is 4.39. The molecule has 0 bridgehead atoms. The number of carboxylic acid groups (broad SMARTS) is 1. The summed E-state index contributed by atoms with van der Waals surface area (Å²) in [4.78, 5) is 24.0. The second kappa shape index (κ2) is 4.26. The molecule has 0 saturated carbocycles. The van der Waals surface area contributed by atoms with Crippen molar-refractivity contribution >= 4 is 11.8 Å². The molecule has 0 amide bonds. The minimum atomic E-state index is -1.18. The molecule has 14 heavy (non-hydrogen) atoms. The van der Waals surface area contributed by atoms with Crippen LogP contribution in [-0.4, -0.2) is 35.9 Å². The zero-order valence-corrected chi connectivity index (χ0v) is 9.29. The van der Waals surface area contributed by atoms with E-state index in [2.05, 4.69) is 0 Å². The maximum atomic E-state index is 11.7. The minimum Gasteiger partial charge on any atom is -0.478 e. The topological polar surface area (TPSA) is 57.6 Å². The molecule has 0 heterocycles. The van der Waals surface area contributed by atoms with Crippen molar-refractivity contribution in [3.63, 3.8) is 0 Å². The van der Waals surface area contributed by atoms with Gasteiger partial charge in [-0.1, -0.05) is 20.8 Å². The first-order valence-corrected chi connectivity index (χ1v) is 4.32. The highest BCUT2D eigenvalue weighted by atomic mass is 16.4. The van der Waals surface area contributed by atoms with E-state index in [-0.39, 0.29) is 11.4 Å². The first-order chi connectivity index (χ1) is 6.16. The predicted octanol–water partition coefficient (Wildman–Crippen LogP) is 1.13. The molecule has 80 valence electrons. The third kappa shape index (κ3) is 3.60. The standard InChI is InChI=1S/C10H17NO3/c1-10(2,3)8(12)7(9(13)14)6-11(4)5/h6H,1-5H3,(H,13,14)/b7-6-. The van der Waals surface area contributed by atoms with E-state index in [1.165, 1.54) is 6.20 Å². The summed E-state index contributed by atoms with van der Waals surface area (Å²) in [5.74, 6) is -1.54. The molecule has 1 N–H and O–H groups in total. The van der Waals surface area contributed by atoms with E-state index >= 15 is 0 Å². The summed E-state index contributed by atoms with van der Waals surface area (Å²) in [6.45, 7) is 5.09. The van der Waals surface area contributed by atoms with E-state index in [1.54, 1.807) is 39.8 Å². The fourth-order valence-electron chi connectivity index (χ4n) is 0.873. The van der Waals surface area contributed by atoms with E-state index < -0.39 is 11.4 Å². The number of aliphatic carboxylic acids is 1. The number of carbonyl (C=O) groups is 2. The zero-order chi connectivity index (χ0) is 11.5. The quantitative estimate of drug-likeness (QED) is 0.420. The Morgan fingerprint density at radius 1 is 1.21 bits per heavy atom. The van der Waals surface area contributed by atoms with Crippen molar-refractivity contribution in [2.24, 2.45) is 5.41 Å². The van der Waals surface area contributed by atoms with Crippen molar-refractivity contribution in [2.45, 2.75) is 20.8 Å². The Morgan fingerprint density at radius 2 is 1.64 bits per heavy atom. The molecule has 0 rings (SSSR count). The first kappa shape index (κ1) is 12.7. The van der Waals surface area contributed by atoms with Gasteiger partial charge in [0, 0.05) is 25.7 Å². The van der Waals surface area contributed by atoms with Crippen molar-refractivity contribution in [2.75, 3.05) is 14.1 Å². The molecule has 0 saturated heterocycles. The Hall–Kier alpha value is -1.32. The highest BCUT2D eigenvalue weighted by Gasteiger charge is 2.29. The SMILES string of the molecule is CN(C)/C=C(\C(=O)O)C(=O)C(C)(C)C. The summed E-state index contributed by atoms with van der Waals surface area (Å²) in [6.07, 6.45) is 1.33. The van der Waals surface area contributed by atoms with E-state index in [4.69, 9.17) is 5.11 Å². The van der Waals surface area contributed by atoms with Crippen LogP contribution in [0.15, 0.2) is 11.8 Å². The third-order valence-corrected chi connectivity index (χ3v) is 1.54. The van der Waals surface area contributed by atoms with Crippen LogP contribution in [0.2, 0.25) is 0 Å². The minimum absolute atomic E-state index is 0.178. The van der Waals surface area contributed by atoms with Gasteiger partial charge in [-0.15, -0.1) is 0 Å². The molecule has 0 unspecified atom stereocenters. The first-order valence-electron chi connectivity index (χ1n) is 4.32. The maximum Gasteiger partial charge on any atom is 0.340 e. The Labute approximate surface area is 84.2 Å². The number of nitrogens with zero attached hydrogens (tertiary/aromatic N) is 1. The van der Waals surface area contributed by atoms with E-state index in [0.717, 1.165) is 0 Å². The van der Waals surface area contributed by atoms with Crippen LogP contribution >= 0.6 is 0 Å². The van der Waals surface area contributed by atoms with Gasteiger partial charge in [0.2, 0.25) is 0 Å². The molecule has 4 nitrogen and oxygen atoms in total. The number of hydrogen-bond acceptors (Lipinski definition) is 3. The Bertz CT molecular complexity index is 272. The zero-order valence-electron chi connectivity index (χ0n) is 9.29. The average molecular weight is 199 g/mol. The molecule has 0 aliphatic heterocycles. The molecule has 0 radical (unpaired) electrons. The van der Waals surface area contributed by atoms with Crippen LogP contribution in [0.4, 0.5) is 0 Å². The van der Waals surface area contributed by atoms with Gasteiger partial charge in [0.1, 0.15) is 5.57 Å². The van der Waals surface area contributed by atoms with Gasteiger partial charge in [0.05, 0.1) is 0 Å². The molecule has 4 heteroatoms. The highest BCUT2D eigenvalue weighted by Crippen LogP contribution is 2.20. The van der Waals surface area contributed by atoms with Crippen LogP contribution in [0.25, 0.3) is 0 Å². The van der Waals surface area contributed by atoms with Crippen molar-refractivity contribution in [1.29, 1.82) is 0 Å². The van der Waals surface area contributed by atoms with Crippen LogP contribution in [0.5, 0.6) is 0 Å². The van der Waals surface area contributed by atoms with Crippen molar-refractivity contribution in [1.82, 2.24) is 4.90 Å². The predicted molar refractivity (Wildman–Crippen MR) is 53.9 cm³/mol. The molecular weight excluding hydrogens is 182 g/mol. The van der Waals surface area contributed by atoms with Crippen LogP contribution in [-0.2, 0) is 9.59 Å². The molecule has 0 aromatic rings. The smallest absolute Gasteiger partial charge is 0.340 e. The molecule has 0 aromatic carbocycles. The number of rotatable bonds is 3. The van der Waals surface area contributed by atoms with Crippen molar-refractivity contribution < 1.29 is 14.7 Å². The van der Waals surface area contributed by atoms with Gasteiger partial charge in [-0.3, -0.25) is 4.79 Å². The number of carboxylic acids is 1. The van der Waals surface area contributed by atoms with Gasteiger partial charge in [0.15, 0.2) is 5.78 Å². The Balaban J connectivity index is 5.06. The van der Waals surface area contributed by atoms with Crippen LogP contribution < -0.4 is 0 Å². The van der Waals surface area contributed by atoms with Crippen LogP contribution in [0.1, 0.15) is 20.8 Å². The van der Waals surface area contributed by atoms with Crippen molar-refractivity contribution in [3.05, 3.63) is 11.8 Å². The van der Waals surface area contributed by atoms with Gasteiger partial charge < -0.3 is 10.0 Å². The summed E-state index contributed by atoms with van der Waals surface area (Å²) >= 11 is 0. The van der Waals surface area contributed by atoms with Gasteiger partial charge in [-0.25, -0.2) is 4.79 Å². The van der Waals surface area contributed by atoms with E-state index in [1.807, 2.05) is 0 Å². The van der Waals surface area contributed by atoms with Crippen LogP contribution in [0.3, 0.4) is 0 Å². The number of carbonyl (C=O) groups excluding carboxylic acids is 1. The van der Waals surface area contributed by atoms with E-state index in [0.29, 0.717) is 0 Å². The molecule has 0 fully saturated rings. The van der Waals surface area contributed by atoms with E-state index in [9.17, 15) is 9.59 Å². The number of ketones is 1. The van der Waals surface area contributed by atoms with Gasteiger partial charge in [0.25, 0.3) is 0 Å². The second-order valence-electron chi connectivity index (χ2n) is 4.39. The normalized spacial score (nSPS) is 12.5. The lowest BCUT2D eigenvalue weighted by atomic mass is 9.86. The molecule has 0 aromatic heterocycles. The number of Topliss-reactive ketones (excluding diaryl/α,β-unsaturated/α-hetero) is 1. The summed E-state index contributed by atoms with van der Waals surface area (Å²) in [5.41, 5.74) is -0.845. The lowest BCUT2D eigenvalue weighted by Crippen LogP contribution is -2.27. The molecule has 0 aliphatic carbocycles. The largest absolute Gasteiger partial charge is 0.478 e. The Kier molecular flexibility index (Phi) is 3.86. The summed E-state index contributed by atoms with van der Waals surface area (Å²) in [7, 11) is 3.36. The van der Waals surface area contributed by atoms with Crippen molar-refractivity contribution in [3.8, 4) is 0 Å². The molecule has 0 spiro atoms. The maximum absolute atomic E-state index is 11.7. The molecule has 0 atom stereocenters. The fourth-order valence-corrected chi connectivity index (χ4v) is 0.873. The number of hydrogen-bond donors (Lipinski definition) is 1. The van der Waals surface area contributed by atoms with Crippen LogP contribution in [0, 0.1) is 5.41 Å². The summed E-state index contributed by atoms with van der Waals surface area (Å²) < 4.78 is 0. The van der Waals surface area contributed by atoms with Gasteiger partial charge in [-0.2, -0.15) is 0 Å².